The molecule has 9 heteroatoms. The van der Waals surface area contributed by atoms with Crippen molar-refractivity contribution in [2.24, 2.45) is 5.41 Å². The van der Waals surface area contributed by atoms with E-state index in [1.807, 2.05) is 31.2 Å². The number of halogens is 2. The van der Waals surface area contributed by atoms with E-state index in [0.717, 1.165) is 53.9 Å². The molecule has 6 rings (SSSR count). The number of piperidine rings is 1. The third kappa shape index (κ3) is 7.73. The Kier molecular flexibility index (Phi) is 9.57. The summed E-state index contributed by atoms with van der Waals surface area (Å²) in [6.45, 7) is 8.31. The molecule has 1 aliphatic heterocycles. The first-order valence-corrected chi connectivity index (χ1v) is 16.2. The Morgan fingerprint density at radius 3 is 2.19 bits per heavy atom. The van der Waals surface area contributed by atoms with Crippen LogP contribution in [-0.2, 0) is 24.1 Å². The molecule has 0 radical (unpaired) electrons. The number of anilines is 1. The lowest BCUT2D eigenvalue weighted by atomic mass is 9.82. The number of carbonyl (C=O) groups is 1. The summed E-state index contributed by atoms with van der Waals surface area (Å²) in [4.78, 5) is 24.1. The lowest BCUT2D eigenvalue weighted by molar-refractivity contribution is -0.136. The van der Waals surface area contributed by atoms with E-state index in [-0.39, 0.29) is 23.5 Å². The van der Waals surface area contributed by atoms with Gasteiger partial charge >= 0.3 is 5.97 Å². The molecule has 0 aliphatic carbocycles. The van der Waals surface area contributed by atoms with E-state index < -0.39 is 5.97 Å². The standard InChI is InChI=1S/C39H39F2N3O4/c1-25-33(23-34(45)46)37(44-19-17-39(2,3)18-20-44)35(28-8-14-31(15-9-28)47-21-16-26-4-10-29(40)11-5-26)36(43-25)38-42-24-32(48-38)22-27-6-12-30(41)13-7-27/h4-15,24H,16-23H2,1-3H3,(H,45,46). The Morgan fingerprint density at radius 1 is 0.938 bits per heavy atom. The average Bonchev–Trinajstić information content (AvgIpc) is 3.52. The number of benzene rings is 3. The molecule has 1 saturated heterocycles. The number of aromatic nitrogens is 2. The zero-order valence-electron chi connectivity index (χ0n) is 27.4. The minimum atomic E-state index is -0.931. The van der Waals surface area contributed by atoms with Crippen LogP contribution in [0.3, 0.4) is 0 Å². The van der Waals surface area contributed by atoms with Gasteiger partial charge in [0.15, 0.2) is 0 Å². The number of carboxylic acids is 1. The second-order valence-electron chi connectivity index (χ2n) is 13.2. The van der Waals surface area contributed by atoms with Crippen LogP contribution < -0.4 is 9.64 Å². The van der Waals surface area contributed by atoms with Gasteiger partial charge in [0.2, 0.25) is 5.89 Å². The first-order valence-electron chi connectivity index (χ1n) is 16.2. The van der Waals surface area contributed by atoms with E-state index >= 15 is 0 Å². The molecule has 248 valence electrons. The van der Waals surface area contributed by atoms with Crippen LogP contribution in [0.1, 0.15) is 54.8 Å². The van der Waals surface area contributed by atoms with Crippen molar-refractivity contribution in [1.82, 2.24) is 9.97 Å². The van der Waals surface area contributed by atoms with Crippen molar-refractivity contribution in [3.8, 4) is 28.5 Å². The lowest BCUT2D eigenvalue weighted by Crippen LogP contribution is -2.38. The van der Waals surface area contributed by atoms with Crippen LogP contribution in [0.2, 0.25) is 0 Å². The zero-order valence-corrected chi connectivity index (χ0v) is 27.4. The molecule has 0 atom stereocenters. The number of pyridine rings is 1. The molecule has 3 heterocycles. The molecule has 48 heavy (non-hydrogen) atoms. The van der Waals surface area contributed by atoms with Crippen LogP contribution in [0.5, 0.6) is 5.75 Å². The predicted molar refractivity (Wildman–Crippen MR) is 181 cm³/mol. The van der Waals surface area contributed by atoms with Crippen molar-refractivity contribution in [1.29, 1.82) is 0 Å². The first kappa shape index (κ1) is 32.9. The summed E-state index contributed by atoms with van der Waals surface area (Å²) < 4.78 is 39.1. The molecule has 0 amide bonds. The van der Waals surface area contributed by atoms with Gasteiger partial charge in [-0.15, -0.1) is 0 Å². The second kappa shape index (κ2) is 14.0. The van der Waals surface area contributed by atoms with Crippen molar-refractivity contribution in [2.45, 2.75) is 52.9 Å². The van der Waals surface area contributed by atoms with Crippen LogP contribution in [0, 0.1) is 24.0 Å². The molecular weight excluding hydrogens is 612 g/mol. The number of carboxylic acid groups (broad SMARTS) is 1. The van der Waals surface area contributed by atoms with Gasteiger partial charge in [-0.2, -0.15) is 0 Å². The highest BCUT2D eigenvalue weighted by Crippen LogP contribution is 2.45. The van der Waals surface area contributed by atoms with Crippen LogP contribution in [0.15, 0.2) is 83.4 Å². The largest absolute Gasteiger partial charge is 0.493 e. The highest BCUT2D eigenvalue weighted by Gasteiger charge is 2.32. The fraction of sp³-hybridized carbons (Fsp3) is 0.308. The van der Waals surface area contributed by atoms with E-state index in [4.69, 9.17) is 14.1 Å². The summed E-state index contributed by atoms with van der Waals surface area (Å²) in [6, 6.07) is 20.3. The Bertz CT molecular complexity index is 1870. The molecular formula is C39H39F2N3O4. The Morgan fingerprint density at radius 2 is 1.56 bits per heavy atom. The van der Waals surface area contributed by atoms with Gasteiger partial charge < -0.3 is 19.2 Å². The van der Waals surface area contributed by atoms with Gasteiger partial charge in [0.05, 0.1) is 24.9 Å². The van der Waals surface area contributed by atoms with Crippen molar-refractivity contribution in [2.75, 3.05) is 24.6 Å². The highest BCUT2D eigenvalue weighted by molar-refractivity contribution is 5.92. The third-order valence-electron chi connectivity index (χ3n) is 9.00. The number of oxazole rings is 1. The lowest BCUT2D eigenvalue weighted by Gasteiger charge is -2.40. The maximum absolute atomic E-state index is 13.5. The highest BCUT2D eigenvalue weighted by atomic mass is 19.1. The fourth-order valence-electron chi connectivity index (χ4n) is 6.16. The molecule has 0 saturated carbocycles. The van der Waals surface area contributed by atoms with E-state index in [0.29, 0.717) is 53.8 Å². The van der Waals surface area contributed by atoms with Gasteiger partial charge in [-0.1, -0.05) is 50.2 Å². The Balaban J connectivity index is 1.39. The number of aryl methyl sites for hydroxylation is 1. The van der Waals surface area contributed by atoms with E-state index in [2.05, 4.69) is 23.7 Å². The van der Waals surface area contributed by atoms with Gasteiger partial charge in [0.25, 0.3) is 0 Å². The summed E-state index contributed by atoms with van der Waals surface area (Å²) in [7, 11) is 0. The zero-order chi connectivity index (χ0) is 33.8. The summed E-state index contributed by atoms with van der Waals surface area (Å²) in [6.07, 6.45) is 4.46. The average molecular weight is 652 g/mol. The Hall–Kier alpha value is -5.05. The van der Waals surface area contributed by atoms with Crippen molar-refractivity contribution < 1.29 is 27.8 Å². The number of nitrogens with zero attached hydrogens (tertiary/aromatic N) is 3. The molecule has 0 unspecified atom stereocenters. The van der Waals surface area contributed by atoms with Gasteiger partial charge in [-0.05, 0) is 78.3 Å². The van der Waals surface area contributed by atoms with Gasteiger partial charge in [0, 0.05) is 42.8 Å². The third-order valence-corrected chi connectivity index (χ3v) is 9.00. The summed E-state index contributed by atoms with van der Waals surface area (Å²) in [5.41, 5.74) is 6.25. The van der Waals surface area contributed by atoms with Gasteiger partial charge in [0.1, 0.15) is 28.8 Å². The van der Waals surface area contributed by atoms with Crippen molar-refractivity contribution >= 4 is 11.7 Å². The monoisotopic (exact) mass is 651 g/mol. The summed E-state index contributed by atoms with van der Waals surface area (Å²) in [5, 5.41) is 9.98. The Labute approximate surface area is 279 Å². The quantitative estimate of drug-likeness (QED) is 0.153. The SMILES string of the molecule is Cc1nc(-c2ncc(Cc3ccc(F)cc3)o2)c(-c2ccc(OCCc3ccc(F)cc3)cc2)c(N2CCC(C)(C)CC2)c1CC(=O)O. The molecule has 3 aromatic carbocycles. The summed E-state index contributed by atoms with van der Waals surface area (Å²) in [5.74, 6) is 0.0917. The van der Waals surface area contributed by atoms with Crippen LogP contribution >= 0.6 is 0 Å². The number of ether oxygens (including phenoxy) is 1. The predicted octanol–water partition coefficient (Wildman–Crippen LogP) is 8.46. The van der Waals surface area contributed by atoms with Crippen LogP contribution in [0.25, 0.3) is 22.7 Å². The molecule has 0 spiro atoms. The second-order valence-corrected chi connectivity index (χ2v) is 13.2. The number of hydrogen-bond acceptors (Lipinski definition) is 6. The van der Waals surface area contributed by atoms with Crippen molar-refractivity contribution in [3.05, 3.63) is 119 Å². The van der Waals surface area contributed by atoms with Gasteiger partial charge in [-0.3, -0.25) is 4.79 Å². The maximum Gasteiger partial charge on any atom is 0.307 e. The maximum atomic E-state index is 13.5. The molecule has 0 bridgehead atoms. The molecule has 7 nitrogen and oxygen atoms in total. The smallest absolute Gasteiger partial charge is 0.307 e. The van der Waals surface area contributed by atoms with E-state index in [9.17, 15) is 18.7 Å². The minimum Gasteiger partial charge on any atom is -0.493 e. The number of rotatable bonds is 11. The molecule has 2 aromatic heterocycles. The normalized spacial score (nSPS) is 14.2. The van der Waals surface area contributed by atoms with Crippen LogP contribution in [0.4, 0.5) is 14.5 Å². The molecule has 1 fully saturated rings. The number of aliphatic carboxylic acids is 1. The fourth-order valence-corrected chi connectivity index (χ4v) is 6.16. The van der Waals surface area contributed by atoms with Crippen LogP contribution in [-0.4, -0.2) is 40.7 Å². The number of hydrogen-bond donors (Lipinski definition) is 1. The molecule has 1 N–H and O–H groups in total. The summed E-state index contributed by atoms with van der Waals surface area (Å²) >= 11 is 0. The van der Waals surface area contributed by atoms with Crippen molar-refractivity contribution in [3.63, 3.8) is 0 Å². The van der Waals surface area contributed by atoms with E-state index in [1.54, 1.807) is 30.5 Å². The minimum absolute atomic E-state index is 0.173. The topological polar surface area (TPSA) is 88.7 Å². The molecule has 5 aromatic rings. The van der Waals surface area contributed by atoms with E-state index in [1.165, 1.54) is 24.3 Å². The molecule has 1 aliphatic rings. The van der Waals surface area contributed by atoms with Gasteiger partial charge in [-0.25, -0.2) is 18.7 Å². The first-order chi connectivity index (χ1) is 23.0.